The van der Waals surface area contributed by atoms with Gasteiger partial charge in [-0.05, 0) is 112 Å². The fourth-order valence-corrected chi connectivity index (χ4v) is 10.9. The van der Waals surface area contributed by atoms with Gasteiger partial charge in [0.05, 0.1) is 6.10 Å². The molecule has 35 heavy (non-hydrogen) atoms. The topological polar surface area (TPSA) is 31.0 Å². The van der Waals surface area contributed by atoms with Gasteiger partial charge in [-0.3, -0.25) is 0 Å². The molecule has 11 atom stereocenters. The molecule has 0 aromatic carbocycles. The number of rotatable bonds is 7. The van der Waals surface area contributed by atoms with Crippen molar-refractivity contribution in [2.75, 3.05) is 6.61 Å². The van der Waals surface area contributed by atoms with Crippen molar-refractivity contribution in [2.24, 2.45) is 46.3 Å². The smallest absolute Gasteiger partial charge is 0.158 e. The molecule has 6 fully saturated rings. The summed E-state index contributed by atoms with van der Waals surface area (Å²) in [6, 6.07) is 0. The first-order valence-electron chi connectivity index (χ1n) is 15.7. The Morgan fingerprint density at radius 1 is 0.857 bits per heavy atom. The summed E-state index contributed by atoms with van der Waals surface area (Å²) in [5.74, 6) is 5.45. The average Bonchev–Trinajstić information content (AvgIpc) is 3.47. The van der Waals surface area contributed by atoms with Gasteiger partial charge in [0, 0.05) is 12.0 Å². The molecule has 3 heteroatoms. The molecule has 6 rings (SSSR count). The second kappa shape index (κ2) is 9.26. The Balaban J connectivity index is 1.13. The van der Waals surface area contributed by atoms with Crippen molar-refractivity contribution in [3.8, 4) is 0 Å². The Hall–Kier alpha value is -0.120. The molecular formula is C32H54O3. The number of hydrogen-bond donors (Lipinski definition) is 0. The Morgan fingerprint density at radius 3 is 2.49 bits per heavy atom. The van der Waals surface area contributed by atoms with Crippen molar-refractivity contribution in [1.82, 2.24) is 0 Å². The average molecular weight is 487 g/mol. The van der Waals surface area contributed by atoms with E-state index < -0.39 is 0 Å². The van der Waals surface area contributed by atoms with Gasteiger partial charge in [0.1, 0.15) is 11.7 Å². The van der Waals surface area contributed by atoms with E-state index in [1.54, 1.807) is 0 Å². The monoisotopic (exact) mass is 486 g/mol. The first-order valence-corrected chi connectivity index (χ1v) is 15.7. The Kier molecular flexibility index (Phi) is 6.66. The third-order valence-corrected chi connectivity index (χ3v) is 12.8. The van der Waals surface area contributed by atoms with Crippen LogP contribution in [0.4, 0.5) is 0 Å². The van der Waals surface area contributed by atoms with Crippen molar-refractivity contribution in [2.45, 2.75) is 149 Å². The van der Waals surface area contributed by atoms with Crippen LogP contribution in [-0.2, 0) is 14.2 Å². The zero-order chi connectivity index (χ0) is 24.4. The van der Waals surface area contributed by atoms with Crippen LogP contribution in [0, 0.1) is 46.3 Å². The van der Waals surface area contributed by atoms with Crippen LogP contribution < -0.4 is 0 Å². The van der Waals surface area contributed by atoms with Gasteiger partial charge >= 0.3 is 0 Å². The van der Waals surface area contributed by atoms with E-state index in [0.717, 1.165) is 48.5 Å². The summed E-state index contributed by atoms with van der Waals surface area (Å²) in [5.41, 5.74) is 1.06. The Bertz CT molecular complexity index is 760. The van der Waals surface area contributed by atoms with Crippen molar-refractivity contribution < 1.29 is 14.2 Å². The van der Waals surface area contributed by atoms with Gasteiger partial charge in [0.25, 0.3) is 0 Å². The number of epoxide rings is 1. The van der Waals surface area contributed by atoms with Gasteiger partial charge in [-0.25, -0.2) is 0 Å². The van der Waals surface area contributed by atoms with Crippen molar-refractivity contribution >= 4 is 0 Å². The maximum Gasteiger partial charge on any atom is 0.158 e. The minimum atomic E-state index is 0.0176. The number of fused-ring (bicyclic) bond motifs is 4. The number of ether oxygens (including phenoxy) is 3. The summed E-state index contributed by atoms with van der Waals surface area (Å²) in [5, 5.41) is 0. The van der Waals surface area contributed by atoms with Crippen LogP contribution in [0.5, 0.6) is 0 Å². The second-order valence-corrected chi connectivity index (χ2v) is 14.8. The SMILES string of the molecule is CC(C)CCC[C@@H](C)[C@H]1CC[C@H]2[C@@H]3CC[C@]45O[C@H]4[C@@H](OC4CCCCO4)CC[C@]5(C)[C@H]3CC[C@]12C. The highest BCUT2D eigenvalue weighted by Gasteiger charge is 2.76. The minimum absolute atomic E-state index is 0.0176. The molecule has 0 N–H and O–H groups in total. The van der Waals surface area contributed by atoms with Gasteiger partial charge in [-0.2, -0.15) is 0 Å². The van der Waals surface area contributed by atoms with Gasteiger partial charge in [0.15, 0.2) is 6.29 Å². The summed E-state index contributed by atoms with van der Waals surface area (Å²) in [7, 11) is 0. The normalized spacial score (nSPS) is 51.8. The van der Waals surface area contributed by atoms with Crippen LogP contribution >= 0.6 is 0 Å². The molecule has 0 amide bonds. The van der Waals surface area contributed by atoms with Crippen LogP contribution in [0.15, 0.2) is 0 Å². The molecular weight excluding hydrogens is 432 g/mol. The highest BCUT2D eigenvalue weighted by atomic mass is 16.7. The van der Waals surface area contributed by atoms with E-state index in [2.05, 4.69) is 34.6 Å². The molecule has 2 heterocycles. The lowest BCUT2D eigenvalue weighted by Gasteiger charge is -2.60. The van der Waals surface area contributed by atoms with Gasteiger partial charge in [-0.15, -0.1) is 0 Å². The lowest BCUT2D eigenvalue weighted by atomic mass is 9.44. The predicted octanol–water partition coefficient (Wildman–Crippen LogP) is 8.15. The van der Waals surface area contributed by atoms with Gasteiger partial charge in [0.2, 0.25) is 0 Å². The van der Waals surface area contributed by atoms with E-state index >= 15 is 0 Å². The van der Waals surface area contributed by atoms with Crippen LogP contribution in [-0.4, -0.2) is 30.7 Å². The minimum Gasteiger partial charge on any atom is -0.363 e. The van der Waals surface area contributed by atoms with Crippen LogP contribution in [0.1, 0.15) is 125 Å². The lowest BCUT2D eigenvalue weighted by molar-refractivity contribution is -0.201. The summed E-state index contributed by atoms with van der Waals surface area (Å²) in [6.45, 7) is 13.6. The van der Waals surface area contributed by atoms with E-state index in [1.165, 1.54) is 83.5 Å². The summed E-state index contributed by atoms with van der Waals surface area (Å²) in [6.07, 6.45) is 19.4. The Labute approximate surface area is 215 Å². The van der Waals surface area contributed by atoms with Crippen molar-refractivity contribution in [3.05, 3.63) is 0 Å². The first kappa shape index (κ1) is 25.2. The van der Waals surface area contributed by atoms with E-state index in [1.807, 2.05) is 0 Å². The van der Waals surface area contributed by atoms with E-state index in [-0.39, 0.29) is 18.0 Å². The predicted molar refractivity (Wildman–Crippen MR) is 141 cm³/mol. The Morgan fingerprint density at radius 2 is 1.71 bits per heavy atom. The molecule has 2 saturated heterocycles. The molecule has 2 aliphatic heterocycles. The van der Waals surface area contributed by atoms with Crippen LogP contribution in [0.3, 0.4) is 0 Å². The fraction of sp³-hybridized carbons (Fsp3) is 1.00. The summed E-state index contributed by atoms with van der Waals surface area (Å²) >= 11 is 0. The highest BCUT2D eigenvalue weighted by molar-refractivity contribution is 5.24. The van der Waals surface area contributed by atoms with E-state index in [4.69, 9.17) is 14.2 Å². The van der Waals surface area contributed by atoms with E-state index in [0.29, 0.717) is 16.9 Å². The molecule has 200 valence electrons. The molecule has 4 aliphatic carbocycles. The molecule has 0 radical (unpaired) electrons. The van der Waals surface area contributed by atoms with Crippen LogP contribution in [0.2, 0.25) is 0 Å². The molecule has 3 nitrogen and oxygen atoms in total. The molecule has 6 aliphatic rings. The third-order valence-electron chi connectivity index (χ3n) is 12.8. The first-order chi connectivity index (χ1) is 16.8. The maximum absolute atomic E-state index is 6.75. The van der Waals surface area contributed by atoms with E-state index in [9.17, 15) is 0 Å². The van der Waals surface area contributed by atoms with Crippen LogP contribution in [0.25, 0.3) is 0 Å². The maximum atomic E-state index is 6.75. The standard InChI is InChI=1S/C32H54O3/c1-21(2)9-8-10-22(3)24-12-13-25-23-14-19-32-29(35-32)27(34-28-11-6-7-20-33-28)16-18-31(32,5)26(23)15-17-30(24,25)4/h21-29H,6-20H2,1-5H3/t22-,23+,24-,25+,26+,27+,28?,29+,30-,31-,32+/m1/s1. The fourth-order valence-electron chi connectivity index (χ4n) is 10.9. The second-order valence-electron chi connectivity index (χ2n) is 14.8. The molecule has 1 unspecified atom stereocenters. The number of hydrogen-bond acceptors (Lipinski definition) is 3. The molecule has 0 aromatic heterocycles. The van der Waals surface area contributed by atoms with Gasteiger partial charge in [-0.1, -0.05) is 53.9 Å². The summed E-state index contributed by atoms with van der Waals surface area (Å²) < 4.78 is 19.2. The quantitative estimate of drug-likeness (QED) is 0.269. The zero-order valence-electron chi connectivity index (χ0n) is 23.5. The zero-order valence-corrected chi connectivity index (χ0v) is 23.5. The van der Waals surface area contributed by atoms with Crippen molar-refractivity contribution in [1.29, 1.82) is 0 Å². The third kappa shape index (κ3) is 3.99. The summed E-state index contributed by atoms with van der Waals surface area (Å²) in [4.78, 5) is 0. The molecule has 4 saturated carbocycles. The molecule has 0 aromatic rings. The molecule has 0 bridgehead atoms. The van der Waals surface area contributed by atoms with Gasteiger partial charge < -0.3 is 14.2 Å². The molecule has 1 spiro atoms. The highest BCUT2D eigenvalue weighted by Crippen LogP contribution is 2.74. The largest absolute Gasteiger partial charge is 0.363 e. The lowest BCUT2D eigenvalue weighted by Crippen LogP contribution is -2.59. The van der Waals surface area contributed by atoms with Crippen molar-refractivity contribution in [3.63, 3.8) is 0 Å².